The lowest BCUT2D eigenvalue weighted by molar-refractivity contribution is -0.123. The summed E-state index contributed by atoms with van der Waals surface area (Å²) in [6.07, 6.45) is 3.55. The van der Waals surface area contributed by atoms with Crippen LogP contribution in [-0.4, -0.2) is 30.7 Å². The molecule has 2 N–H and O–H groups in total. The Kier molecular flexibility index (Phi) is 9.35. The highest BCUT2D eigenvalue weighted by atomic mass is 35.5. The van der Waals surface area contributed by atoms with E-state index in [1.807, 2.05) is 38.1 Å². The van der Waals surface area contributed by atoms with Gasteiger partial charge in [-0.2, -0.15) is 5.10 Å². The molecular weight excluding hydrogens is 402 g/mol. The van der Waals surface area contributed by atoms with Gasteiger partial charge in [-0.3, -0.25) is 9.59 Å². The molecule has 6 nitrogen and oxygen atoms in total. The van der Waals surface area contributed by atoms with E-state index >= 15 is 0 Å². The highest BCUT2D eigenvalue weighted by Gasteiger charge is 2.24. The fourth-order valence-electron chi connectivity index (χ4n) is 2.67. The third-order valence-electron chi connectivity index (χ3n) is 4.38. The summed E-state index contributed by atoms with van der Waals surface area (Å²) in [5.41, 5.74) is 3.66. The second-order valence-corrected chi connectivity index (χ2v) is 7.62. The fourth-order valence-corrected chi connectivity index (χ4v) is 2.86. The maximum atomic E-state index is 12.6. The van der Waals surface area contributed by atoms with E-state index < -0.39 is 11.9 Å². The number of rotatable bonds is 10. The first kappa shape index (κ1) is 23.4. The number of hydrogen-bond donors (Lipinski definition) is 2. The van der Waals surface area contributed by atoms with Crippen LogP contribution in [0.1, 0.15) is 49.5 Å². The highest BCUT2D eigenvalue weighted by molar-refractivity contribution is 6.31. The second-order valence-electron chi connectivity index (χ2n) is 7.18. The third kappa shape index (κ3) is 7.19. The van der Waals surface area contributed by atoms with Crippen molar-refractivity contribution in [3.8, 4) is 5.75 Å². The Morgan fingerprint density at radius 2 is 1.93 bits per heavy atom. The summed E-state index contributed by atoms with van der Waals surface area (Å²) in [7, 11) is 0. The molecule has 30 heavy (non-hydrogen) atoms. The average Bonchev–Trinajstić information content (AvgIpc) is 2.72. The molecule has 1 atom stereocenters. The molecule has 0 aliphatic heterocycles. The first-order chi connectivity index (χ1) is 14.4. The van der Waals surface area contributed by atoms with Gasteiger partial charge >= 0.3 is 0 Å². The molecule has 2 aromatic carbocycles. The van der Waals surface area contributed by atoms with E-state index in [0.29, 0.717) is 22.9 Å². The Morgan fingerprint density at radius 3 is 2.63 bits per heavy atom. The standard InChI is InChI=1S/C23H28ClN3O3/c1-4-5-13-30-20-12-7-6-9-18(20)15-25-27-23(29)21(16(2)3)26-22(28)17-10-8-11-19(24)14-17/h6-12,14-16,21H,4-5,13H2,1-3H3,(H,26,28)(H,27,29). The zero-order valence-corrected chi connectivity index (χ0v) is 18.3. The van der Waals surface area contributed by atoms with Gasteiger partial charge in [-0.1, -0.05) is 57.0 Å². The monoisotopic (exact) mass is 429 g/mol. The Bertz CT molecular complexity index is 884. The van der Waals surface area contributed by atoms with Crippen molar-refractivity contribution in [1.82, 2.24) is 10.7 Å². The van der Waals surface area contributed by atoms with Crippen molar-refractivity contribution in [3.63, 3.8) is 0 Å². The number of nitrogens with one attached hydrogen (secondary N) is 2. The number of unbranched alkanes of at least 4 members (excludes halogenated alkanes) is 1. The number of para-hydroxylation sites is 1. The molecule has 2 amide bonds. The second kappa shape index (κ2) is 12.0. The molecule has 2 rings (SSSR count). The Morgan fingerprint density at radius 1 is 1.17 bits per heavy atom. The molecule has 160 valence electrons. The number of ether oxygens (including phenoxy) is 1. The van der Waals surface area contributed by atoms with Crippen LogP contribution in [0.2, 0.25) is 5.02 Å². The topological polar surface area (TPSA) is 79.8 Å². The molecule has 0 saturated carbocycles. The van der Waals surface area contributed by atoms with Crippen LogP contribution in [0.25, 0.3) is 0 Å². The molecule has 0 aliphatic rings. The molecule has 0 aliphatic carbocycles. The van der Waals surface area contributed by atoms with Crippen molar-refractivity contribution >= 4 is 29.6 Å². The smallest absolute Gasteiger partial charge is 0.262 e. The minimum absolute atomic E-state index is 0.131. The Balaban J connectivity index is 2.01. The van der Waals surface area contributed by atoms with Crippen molar-refractivity contribution in [3.05, 3.63) is 64.7 Å². The van der Waals surface area contributed by atoms with Gasteiger partial charge in [0.05, 0.1) is 12.8 Å². The number of nitrogens with zero attached hydrogens (tertiary/aromatic N) is 1. The van der Waals surface area contributed by atoms with Gasteiger partial charge < -0.3 is 10.1 Å². The molecule has 1 unspecified atom stereocenters. The molecule has 0 radical (unpaired) electrons. The van der Waals surface area contributed by atoms with Crippen LogP contribution < -0.4 is 15.5 Å². The number of carbonyl (C=O) groups excluding carboxylic acids is 2. The van der Waals surface area contributed by atoms with Gasteiger partial charge in [-0.05, 0) is 42.7 Å². The van der Waals surface area contributed by atoms with Crippen LogP contribution in [0.4, 0.5) is 0 Å². The van der Waals surface area contributed by atoms with Crippen LogP contribution in [0.5, 0.6) is 5.75 Å². The molecule has 0 saturated heterocycles. The number of carbonyl (C=O) groups is 2. The molecule has 0 aromatic heterocycles. The number of benzene rings is 2. The van der Waals surface area contributed by atoms with Gasteiger partial charge in [0.2, 0.25) is 0 Å². The number of amides is 2. The van der Waals surface area contributed by atoms with E-state index in [1.54, 1.807) is 24.3 Å². The molecule has 0 bridgehead atoms. The largest absolute Gasteiger partial charge is 0.493 e. The third-order valence-corrected chi connectivity index (χ3v) is 4.61. The Hall–Kier alpha value is -2.86. The van der Waals surface area contributed by atoms with Crippen LogP contribution in [0.3, 0.4) is 0 Å². The summed E-state index contributed by atoms with van der Waals surface area (Å²) in [5, 5.41) is 7.25. The lowest BCUT2D eigenvalue weighted by atomic mass is 10.0. The van der Waals surface area contributed by atoms with Gasteiger partial charge in [-0.25, -0.2) is 5.43 Å². The maximum Gasteiger partial charge on any atom is 0.262 e. The van der Waals surface area contributed by atoms with E-state index in [1.165, 1.54) is 6.21 Å². The van der Waals surface area contributed by atoms with Gasteiger partial charge in [0.1, 0.15) is 11.8 Å². The van der Waals surface area contributed by atoms with Crippen LogP contribution >= 0.6 is 11.6 Å². The number of hydrazone groups is 1. The summed E-state index contributed by atoms with van der Waals surface area (Å²) in [6.45, 7) is 6.42. The van der Waals surface area contributed by atoms with E-state index in [0.717, 1.165) is 18.4 Å². The van der Waals surface area contributed by atoms with Crippen LogP contribution in [0, 0.1) is 5.92 Å². The van der Waals surface area contributed by atoms with Crippen LogP contribution in [0.15, 0.2) is 53.6 Å². The fraction of sp³-hybridized carbons (Fsp3) is 0.348. The van der Waals surface area contributed by atoms with Crippen molar-refractivity contribution < 1.29 is 14.3 Å². The van der Waals surface area contributed by atoms with E-state index in [4.69, 9.17) is 16.3 Å². The molecule has 0 fully saturated rings. The molecule has 7 heteroatoms. The number of halogens is 1. The van der Waals surface area contributed by atoms with Gasteiger partial charge in [0.25, 0.3) is 11.8 Å². The molecule has 0 heterocycles. The normalized spacial score (nSPS) is 12.0. The van der Waals surface area contributed by atoms with Crippen molar-refractivity contribution in [2.24, 2.45) is 11.0 Å². The van der Waals surface area contributed by atoms with Crippen molar-refractivity contribution in [2.45, 2.75) is 39.7 Å². The predicted molar refractivity (Wildman–Crippen MR) is 120 cm³/mol. The van der Waals surface area contributed by atoms with Crippen molar-refractivity contribution in [2.75, 3.05) is 6.61 Å². The molecular formula is C23H28ClN3O3. The highest BCUT2D eigenvalue weighted by Crippen LogP contribution is 2.16. The molecule has 0 spiro atoms. The van der Waals surface area contributed by atoms with Gasteiger partial charge in [0.15, 0.2) is 0 Å². The first-order valence-electron chi connectivity index (χ1n) is 10.0. The van der Waals surface area contributed by atoms with Crippen LogP contribution in [-0.2, 0) is 4.79 Å². The Labute approximate surface area is 182 Å². The first-order valence-corrected chi connectivity index (χ1v) is 10.4. The van der Waals surface area contributed by atoms with Gasteiger partial charge in [0, 0.05) is 16.1 Å². The summed E-state index contributed by atoms with van der Waals surface area (Å²) in [6, 6.07) is 13.3. The lowest BCUT2D eigenvalue weighted by Gasteiger charge is -2.20. The minimum Gasteiger partial charge on any atom is -0.493 e. The predicted octanol–water partition coefficient (Wildman–Crippen LogP) is 4.42. The quantitative estimate of drug-likeness (QED) is 0.333. The maximum absolute atomic E-state index is 12.6. The summed E-state index contributed by atoms with van der Waals surface area (Å²) in [5.74, 6) is -0.197. The minimum atomic E-state index is -0.746. The zero-order chi connectivity index (χ0) is 21.9. The van der Waals surface area contributed by atoms with E-state index in [9.17, 15) is 9.59 Å². The lowest BCUT2D eigenvalue weighted by Crippen LogP contribution is -2.48. The van der Waals surface area contributed by atoms with Gasteiger partial charge in [-0.15, -0.1) is 0 Å². The van der Waals surface area contributed by atoms with E-state index in [2.05, 4.69) is 22.8 Å². The summed E-state index contributed by atoms with van der Waals surface area (Å²) < 4.78 is 5.76. The SMILES string of the molecule is CCCCOc1ccccc1C=NNC(=O)C(NC(=O)c1cccc(Cl)c1)C(C)C. The van der Waals surface area contributed by atoms with Crippen molar-refractivity contribution in [1.29, 1.82) is 0 Å². The average molecular weight is 430 g/mol. The van der Waals surface area contributed by atoms with E-state index in [-0.39, 0.29) is 11.8 Å². The number of hydrogen-bond acceptors (Lipinski definition) is 4. The zero-order valence-electron chi connectivity index (χ0n) is 17.5. The molecule has 2 aromatic rings. The summed E-state index contributed by atoms with van der Waals surface area (Å²) >= 11 is 5.94. The summed E-state index contributed by atoms with van der Waals surface area (Å²) in [4.78, 5) is 25.1.